The summed E-state index contributed by atoms with van der Waals surface area (Å²) in [5.74, 6) is 0.714. The summed E-state index contributed by atoms with van der Waals surface area (Å²) in [7, 11) is 1.83. The third-order valence-electron chi connectivity index (χ3n) is 3.32. The predicted molar refractivity (Wildman–Crippen MR) is 101 cm³/mol. The van der Waals surface area contributed by atoms with Crippen LogP contribution in [0.2, 0.25) is 0 Å². The van der Waals surface area contributed by atoms with Gasteiger partial charge in [-0.2, -0.15) is 0 Å². The highest BCUT2D eigenvalue weighted by molar-refractivity contribution is 5.92. The van der Waals surface area contributed by atoms with Gasteiger partial charge in [0.05, 0.1) is 5.69 Å². The van der Waals surface area contributed by atoms with Crippen molar-refractivity contribution in [2.75, 3.05) is 45.2 Å². The minimum absolute atomic E-state index is 0. The first-order valence-electron chi connectivity index (χ1n) is 7.59. The fourth-order valence-corrected chi connectivity index (χ4v) is 1.97. The molecule has 1 aromatic rings. The number of anilines is 1. The summed E-state index contributed by atoms with van der Waals surface area (Å²) < 4.78 is 5.80. The Labute approximate surface area is 152 Å². The van der Waals surface area contributed by atoms with Crippen molar-refractivity contribution in [3.05, 3.63) is 24.3 Å². The van der Waals surface area contributed by atoms with E-state index in [1.54, 1.807) is 0 Å². The van der Waals surface area contributed by atoms with Crippen molar-refractivity contribution >= 4 is 36.4 Å². The molecule has 134 valence electrons. The van der Waals surface area contributed by atoms with Crippen LogP contribution in [0.5, 0.6) is 5.75 Å². The number of nitrogens with one attached hydrogen (secondary N) is 2. The molecule has 0 spiro atoms. The van der Waals surface area contributed by atoms with Crippen molar-refractivity contribution < 1.29 is 9.53 Å². The molecule has 2 N–H and O–H groups in total. The minimum atomic E-state index is -0.0101. The van der Waals surface area contributed by atoms with Crippen molar-refractivity contribution in [3.63, 3.8) is 0 Å². The Kier molecular flexibility index (Phi) is 15.4. The molecule has 0 aliphatic heterocycles. The van der Waals surface area contributed by atoms with Gasteiger partial charge in [0, 0.05) is 19.5 Å². The first kappa shape index (κ1) is 24.2. The third-order valence-corrected chi connectivity index (χ3v) is 3.32. The molecule has 7 heteroatoms. The van der Waals surface area contributed by atoms with Crippen LogP contribution in [0.15, 0.2) is 24.3 Å². The molecule has 1 rings (SSSR count). The summed E-state index contributed by atoms with van der Waals surface area (Å²) in [6.45, 7) is 8.47. The van der Waals surface area contributed by atoms with Crippen LogP contribution >= 0.6 is 24.8 Å². The van der Waals surface area contributed by atoms with E-state index in [0.717, 1.165) is 31.1 Å². The summed E-state index contributed by atoms with van der Waals surface area (Å²) in [5.41, 5.74) is 0.734. The zero-order valence-corrected chi connectivity index (χ0v) is 15.8. The number of carbonyl (C=O) groups is 1. The molecule has 0 aromatic heterocycles. The van der Waals surface area contributed by atoms with E-state index in [9.17, 15) is 4.79 Å². The number of para-hydroxylation sites is 2. The second kappa shape index (κ2) is 14.6. The van der Waals surface area contributed by atoms with Crippen molar-refractivity contribution in [1.82, 2.24) is 10.2 Å². The molecule has 0 fully saturated rings. The van der Waals surface area contributed by atoms with Crippen LogP contribution in [0.4, 0.5) is 5.69 Å². The number of ether oxygens (including phenoxy) is 1. The zero-order chi connectivity index (χ0) is 15.5. The summed E-state index contributed by atoms with van der Waals surface area (Å²) in [5, 5.41) is 5.85. The van der Waals surface area contributed by atoms with Gasteiger partial charge in [-0.15, -0.1) is 24.8 Å². The number of rotatable bonds is 10. The third kappa shape index (κ3) is 9.66. The fourth-order valence-electron chi connectivity index (χ4n) is 1.97. The lowest BCUT2D eigenvalue weighted by molar-refractivity contribution is -0.116. The molecule has 5 nitrogen and oxygen atoms in total. The van der Waals surface area contributed by atoms with Gasteiger partial charge in [0.2, 0.25) is 5.91 Å². The SMILES string of the molecule is CCN(CC)CCOc1ccccc1NC(=O)CCNC.Cl.Cl. The maximum Gasteiger partial charge on any atom is 0.225 e. The van der Waals surface area contributed by atoms with E-state index in [2.05, 4.69) is 29.4 Å². The Hall–Kier alpha value is -1.01. The van der Waals surface area contributed by atoms with Gasteiger partial charge >= 0.3 is 0 Å². The van der Waals surface area contributed by atoms with E-state index in [1.165, 1.54) is 0 Å². The van der Waals surface area contributed by atoms with Gasteiger partial charge in [0.25, 0.3) is 0 Å². The van der Waals surface area contributed by atoms with Gasteiger partial charge in [-0.25, -0.2) is 0 Å². The maximum absolute atomic E-state index is 11.8. The van der Waals surface area contributed by atoms with Crippen molar-refractivity contribution in [2.24, 2.45) is 0 Å². The first-order chi connectivity index (χ1) is 10.2. The summed E-state index contributed by atoms with van der Waals surface area (Å²) in [6, 6.07) is 7.56. The monoisotopic (exact) mass is 365 g/mol. The van der Waals surface area contributed by atoms with Crippen LogP contribution in [-0.2, 0) is 4.79 Å². The normalized spacial score (nSPS) is 9.74. The van der Waals surface area contributed by atoms with Crippen LogP contribution in [0, 0.1) is 0 Å². The number of carbonyl (C=O) groups excluding carboxylic acids is 1. The zero-order valence-electron chi connectivity index (χ0n) is 14.1. The van der Waals surface area contributed by atoms with E-state index in [1.807, 2.05) is 31.3 Å². The Balaban J connectivity index is 0. The number of halogens is 2. The number of likely N-dealkylation sites (N-methyl/N-ethyl adjacent to an activating group) is 1. The van der Waals surface area contributed by atoms with Crippen molar-refractivity contribution in [3.8, 4) is 5.75 Å². The molecule has 0 aliphatic rings. The van der Waals surface area contributed by atoms with Gasteiger partial charge < -0.3 is 20.3 Å². The lowest BCUT2D eigenvalue weighted by Gasteiger charge is -2.19. The van der Waals surface area contributed by atoms with Gasteiger partial charge in [0.15, 0.2) is 0 Å². The maximum atomic E-state index is 11.8. The number of nitrogens with zero attached hydrogens (tertiary/aromatic N) is 1. The second-order valence-corrected chi connectivity index (χ2v) is 4.77. The van der Waals surface area contributed by atoms with Gasteiger partial charge in [-0.05, 0) is 32.3 Å². The molecule has 0 heterocycles. The standard InChI is InChI=1S/C16H27N3O2.2ClH/c1-4-19(5-2)12-13-21-15-9-7-6-8-14(15)18-16(20)10-11-17-3;;/h6-9,17H,4-5,10-13H2,1-3H3,(H,18,20);2*1H. The van der Waals surface area contributed by atoms with Crippen LogP contribution < -0.4 is 15.4 Å². The fraction of sp³-hybridized carbons (Fsp3) is 0.562. The van der Waals surface area contributed by atoms with Gasteiger partial charge in [0.1, 0.15) is 12.4 Å². The molecule has 0 radical (unpaired) electrons. The number of hydrogen-bond acceptors (Lipinski definition) is 4. The summed E-state index contributed by atoms with van der Waals surface area (Å²) >= 11 is 0. The quantitative estimate of drug-likeness (QED) is 0.669. The van der Waals surface area contributed by atoms with E-state index >= 15 is 0 Å². The Morgan fingerprint density at radius 1 is 1.17 bits per heavy atom. The summed E-state index contributed by atoms with van der Waals surface area (Å²) in [6.07, 6.45) is 0.449. The van der Waals surface area contributed by atoms with E-state index in [-0.39, 0.29) is 30.7 Å². The van der Waals surface area contributed by atoms with Crippen LogP contribution in [0.3, 0.4) is 0 Å². The minimum Gasteiger partial charge on any atom is -0.490 e. The average Bonchev–Trinajstić information content (AvgIpc) is 2.51. The largest absolute Gasteiger partial charge is 0.490 e. The molecular weight excluding hydrogens is 337 g/mol. The summed E-state index contributed by atoms with van der Waals surface area (Å²) in [4.78, 5) is 14.1. The molecule has 0 aliphatic carbocycles. The molecule has 1 amide bonds. The molecule has 0 bridgehead atoms. The highest BCUT2D eigenvalue weighted by Gasteiger charge is 2.07. The molecular formula is C16H29Cl2N3O2. The number of hydrogen-bond donors (Lipinski definition) is 2. The molecule has 0 atom stereocenters. The van der Waals surface area contributed by atoms with Crippen LogP contribution in [-0.4, -0.2) is 50.6 Å². The molecule has 1 aromatic carbocycles. The Bertz CT molecular complexity index is 430. The highest BCUT2D eigenvalue weighted by atomic mass is 35.5. The average molecular weight is 366 g/mol. The highest BCUT2D eigenvalue weighted by Crippen LogP contribution is 2.23. The van der Waals surface area contributed by atoms with Crippen LogP contribution in [0.1, 0.15) is 20.3 Å². The predicted octanol–water partition coefficient (Wildman–Crippen LogP) is 2.80. The number of benzene rings is 1. The van der Waals surface area contributed by atoms with Crippen molar-refractivity contribution in [2.45, 2.75) is 20.3 Å². The smallest absolute Gasteiger partial charge is 0.225 e. The van der Waals surface area contributed by atoms with Crippen molar-refractivity contribution in [1.29, 1.82) is 0 Å². The van der Waals surface area contributed by atoms with E-state index < -0.39 is 0 Å². The van der Waals surface area contributed by atoms with Crippen LogP contribution in [0.25, 0.3) is 0 Å². The van der Waals surface area contributed by atoms with E-state index in [4.69, 9.17) is 4.74 Å². The molecule has 23 heavy (non-hydrogen) atoms. The Morgan fingerprint density at radius 2 is 1.83 bits per heavy atom. The lowest BCUT2D eigenvalue weighted by atomic mass is 10.2. The topological polar surface area (TPSA) is 53.6 Å². The molecule has 0 unspecified atom stereocenters. The van der Waals surface area contributed by atoms with Gasteiger partial charge in [-0.3, -0.25) is 4.79 Å². The Morgan fingerprint density at radius 3 is 2.43 bits per heavy atom. The van der Waals surface area contributed by atoms with E-state index in [0.29, 0.717) is 19.6 Å². The van der Waals surface area contributed by atoms with Gasteiger partial charge in [-0.1, -0.05) is 26.0 Å². The molecule has 0 saturated carbocycles. The first-order valence-corrected chi connectivity index (χ1v) is 7.59. The lowest BCUT2D eigenvalue weighted by Crippen LogP contribution is -2.28. The second-order valence-electron chi connectivity index (χ2n) is 4.77. The number of amides is 1. The molecule has 0 saturated heterocycles.